The van der Waals surface area contributed by atoms with Crippen molar-refractivity contribution < 1.29 is 9.90 Å². The third-order valence-electron chi connectivity index (χ3n) is 3.80. The van der Waals surface area contributed by atoms with E-state index in [-0.39, 0.29) is 11.1 Å². The van der Waals surface area contributed by atoms with Crippen LogP contribution in [0.5, 0.6) is 0 Å². The van der Waals surface area contributed by atoms with Crippen LogP contribution in [0, 0.1) is 19.8 Å². The summed E-state index contributed by atoms with van der Waals surface area (Å²) < 4.78 is 1.61. The smallest absolute Gasteiger partial charge is 0.337 e. The molecule has 1 heterocycles. The number of hydrogen-bond acceptors (Lipinski definition) is 2. The Balaban J connectivity index is 2.39. The van der Waals surface area contributed by atoms with Crippen molar-refractivity contribution in [3.05, 3.63) is 45.4 Å². The zero-order valence-corrected chi connectivity index (χ0v) is 11.3. The van der Waals surface area contributed by atoms with Gasteiger partial charge in [0.05, 0.1) is 5.56 Å². The predicted octanol–water partition coefficient (Wildman–Crippen LogP) is 2.52. The van der Waals surface area contributed by atoms with E-state index >= 15 is 0 Å². The monoisotopic (exact) mass is 261 g/mol. The van der Waals surface area contributed by atoms with Crippen molar-refractivity contribution in [1.29, 1.82) is 0 Å². The van der Waals surface area contributed by atoms with Crippen LogP contribution in [0.3, 0.4) is 0 Å². The summed E-state index contributed by atoms with van der Waals surface area (Å²) in [6.45, 7) is 4.00. The molecule has 0 amide bonds. The summed E-state index contributed by atoms with van der Waals surface area (Å²) >= 11 is 0. The van der Waals surface area contributed by atoms with Gasteiger partial charge in [0.2, 0.25) is 0 Å². The lowest BCUT2D eigenvalue weighted by atomic mass is 9.94. The number of carboxylic acids is 1. The molecule has 1 aromatic rings. The maximum Gasteiger partial charge on any atom is 0.337 e. The highest BCUT2D eigenvalue weighted by Crippen LogP contribution is 2.21. The largest absolute Gasteiger partial charge is 0.478 e. The quantitative estimate of drug-likeness (QED) is 0.850. The van der Waals surface area contributed by atoms with Crippen molar-refractivity contribution >= 4 is 5.97 Å². The Kier molecular flexibility index (Phi) is 3.88. The molecule has 1 aliphatic carbocycles. The fraction of sp³-hybridized carbons (Fsp3) is 0.467. The molecular weight excluding hydrogens is 242 g/mol. The third kappa shape index (κ3) is 2.78. The number of allylic oxidation sites excluding steroid dienone is 2. The van der Waals surface area contributed by atoms with E-state index < -0.39 is 5.97 Å². The van der Waals surface area contributed by atoms with E-state index in [1.54, 1.807) is 18.4 Å². The third-order valence-corrected chi connectivity index (χ3v) is 3.80. The van der Waals surface area contributed by atoms with Crippen molar-refractivity contribution in [1.82, 2.24) is 4.57 Å². The Labute approximate surface area is 112 Å². The van der Waals surface area contributed by atoms with E-state index in [2.05, 4.69) is 12.2 Å². The minimum absolute atomic E-state index is 0.102. The number of aromatic carboxylic acids is 1. The topological polar surface area (TPSA) is 59.3 Å². The van der Waals surface area contributed by atoms with E-state index in [1.165, 1.54) is 6.07 Å². The van der Waals surface area contributed by atoms with Gasteiger partial charge in [-0.15, -0.1) is 0 Å². The minimum atomic E-state index is -0.965. The van der Waals surface area contributed by atoms with Crippen molar-refractivity contribution in [3.63, 3.8) is 0 Å². The number of nitrogens with zero attached hydrogens (tertiary/aromatic N) is 1. The number of hydrogen-bond donors (Lipinski definition) is 1. The Morgan fingerprint density at radius 1 is 1.42 bits per heavy atom. The molecule has 4 heteroatoms. The van der Waals surface area contributed by atoms with Gasteiger partial charge in [-0.3, -0.25) is 4.79 Å². The van der Waals surface area contributed by atoms with E-state index in [9.17, 15) is 14.7 Å². The average molecular weight is 261 g/mol. The van der Waals surface area contributed by atoms with Crippen molar-refractivity contribution in [3.8, 4) is 0 Å². The van der Waals surface area contributed by atoms with Crippen molar-refractivity contribution in [2.45, 2.75) is 39.7 Å². The van der Waals surface area contributed by atoms with Gasteiger partial charge >= 0.3 is 5.97 Å². The van der Waals surface area contributed by atoms with Crippen LogP contribution >= 0.6 is 0 Å². The zero-order valence-electron chi connectivity index (χ0n) is 11.3. The lowest BCUT2D eigenvalue weighted by molar-refractivity contribution is 0.0694. The van der Waals surface area contributed by atoms with Crippen LogP contribution in [0.4, 0.5) is 0 Å². The molecule has 0 radical (unpaired) electrons. The molecule has 0 aliphatic heterocycles. The number of aryl methyl sites for hydroxylation is 1. The summed E-state index contributed by atoms with van der Waals surface area (Å²) in [7, 11) is 0. The molecule has 1 unspecified atom stereocenters. The Morgan fingerprint density at radius 3 is 2.74 bits per heavy atom. The van der Waals surface area contributed by atoms with Gasteiger partial charge < -0.3 is 9.67 Å². The van der Waals surface area contributed by atoms with E-state index in [0.29, 0.717) is 23.7 Å². The van der Waals surface area contributed by atoms with Crippen molar-refractivity contribution in [2.75, 3.05) is 0 Å². The normalized spacial score (nSPS) is 18.5. The highest BCUT2D eigenvalue weighted by atomic mass is 16.4. The second kappa shape index (κ2) is 5.43. The fourth-order valence-corrected chi connectivity index (χ4v) is 2.75. The number of aromatic nitrogens is 1. The first-order valence-corrected chi connectivity index (χ1v) is 6.60. The van der Waals surface area contributed by atoms with E-state index in [0.717, 1.165) is 19.3 Å². The van der Waals surface area contributed by atoms with Crippen LogP contribution in [0.25, 0.3) is 0 Å². The Bertz CT molecular complexity index is 584. The van der Waals surface area contributed by atoms with E-state index in [4.69, 9.17) is 0 Å². The molecule has 0 saturated carbocycles. The molecule has 1 aliphatic rings. The number of carbonyl (C=O) groups is 1. The summed E-state index contributed by atoms with van der Waals surface area (Å²) in [5, 5.41) is 9.24. The standard InChI is InChI=1S/C15H19NO3/c1-10-8-13(17)16(11(2)14(10)15(18)19)9-12-6-4-3-5-7-12/h3-4,8,12H,5-7,9H2,1-2H3,(H,18,19). The molecule has 0 bridgehead atoms. The zero-order chi connectivity index (χ0) is 14.0. The van der Waals surface area contributed by atoms with Crippen LogP contribution in [-0.4, -0.2) is 15.6 Å². The van der Waals surface area contributed by atoms with Gasteiger partial charge in [0.1, 0.15) is 0 Å². The molecule has 1 N–H and O–H groups in total. The molecule has 4 nitrogen and oxygen atoms in total. The first-order chi connectivity index (χ1) is 9.00. The second-order valence-corrected chi connectivity index (χ2v) is 5.19. The van der Waals surface area contributed by atoms with Gasteiger partial charge in [0.15, 0.2) is 0 Å². The fourth-order valence-electron chi connectivity index (χ4n) is 2.75. The van der Waals surface area contributed by atoms with Crippen LogP contribution < -0.4 is 5.56 Å². The lowest BCUT2D eigenvalue weighted by Crippen LogP contribution is -2.28. The summed E-state index contributed by atoms with van der Waals surface area (Å²) in [5.74, 6) is -0.543. The van der Waals surface area contributed by atoms with Crippen LogP contribution in [0.2, 0.25) is 0 Å². The highest BCUT2D eigenvalue weighted by molar-refractivity contribution is 5.90. The maximum atomic E-state index is 12.1. The van der Waals surface area contributed by atoms with Crippen molar-refractivity contribution in [2.24, 2.45) is 5.92 Å². The summed E-state index contributed by atoms with van der Waals surface area (Å²) in [5.41, 5.74) is 1.25. The maximum absolute atomic E-state index is 12.1. The minimum Gasteiger partial charge on any atom is -0.478 e. The molecule has 102 valence electrons. The van der Waals surface area contributed by atoms with Gasteiger partial charge in [0, 0.05) is 18.3 Å². The predicted molar refractivity (Wildman–Crippen MR) is 73.6 cm³/mol. The molecule has 19 heavy (non-hydrogen) atoms. The highest BCUT2D eigenvalue weighted by Gasteiger charge is 2.18. The second-order valence-electron chi connectivity index (χ2n) is 5.19. The van der Waals surface area contributed by atoms with Crippen LogP contribution in [-0.2, 0) is 6.54 Å². The number of carboxylic acid groups (broad SMARTS) is 1. The Morgan fingerprint density at radius 2 is 2.16 bits per heavy atom. The molecule has 0 saturated heterocycles. The molecule has 0 aromatic carbocycles. The molecule has 2 rings (SSSR count). The molecule has 0 fully saturated rings. The molecular formula is C15H19NO3. The lowest BCUT2D eigenvalue weighted by Gasteiger charge is -2.21. The number of pyridine rings is 1. The molecule has 0 spiro atoms. The first-order valence-electron chi connectivity index (χ1n) is 6.60. The van der Waals surface area contributed by atoms with Gasteiger partial charge in [-0.25, -0.2) is 4.79 Å². The van der Waals surface area contributed by atoms with Crippen LogP contribution in [0.15, 0.2) is 23.0 Å². The van der Waals surface area contributed by atoms with E-state index in [1.807, 2.05) is 0 Å². The SMILES string of the molecule is Cc1cc(=O)n(CC2CC=CCC2)c(C)c1C(=O)O. The summed E-state index contributed by atoms with van der Waals surface area (Å²) in [6.07, 6.45) is 7.35. The number of rotatable bonds is 3. The van der Waals surface area contributed by atoms with Gasteiger partial charge in [0.25, 0.3) is 5.56 Å². The summed E-state index contributed by atoms with van der Waals surface area (Å²) in [4.78, 5) is 23.3. The summed E-state index contributed by atoms with van der Waals surface area (Å²) in [6, 6.07) is 1.43. The molecule has 1 atom stereocenters. The van der Waals surface area contributed by atoms with Gasteiger partial charge in [-0.05, 0) is 44.6 Å². The van der Waals surface area contributed by atoms with Gasteiger partial charge in [-0.1, -0.05) is 12.2 Å². The Hall–Kier alpha value is -1.84. The first kappa shape index (κ1) is 13.6. The van der Waals surface area contributed by atoms with Crippen LogP contribution in [0.1, 0.15) is 40.9 Å². The molecule has 1 aromatic heterocycles. The van der Waals surface area contributed by atoms with Gasteiger partial charge in [-0.2, -0.15) is 0 Å². The average Bonchev–Trinajstić information content (AvgIpc) is 2.35.